The third kappa shape index (κ3) is 2.51. The molecule has 1 unspecified atom stereocenters. The van der Waals surface area contributed by atoms with Gasteiger partial charge in [-0.15, -0.1) is 0 Å². The van der Waals surface area contributed by atoms with Crippen LogP contribution in [0.15, 0.2) is 23.1 Å². The Labute approximate surface area is 127 Å². The van der Waals surface area contributed by atoms with Crippen molar-refractivity contribution in [1.82, 2.24) is 4.31 Å². The molecule has 1 atom stereocenters. The highest BCUT2D eigenvalue weighted by Crippen LogP contribution is 2.30. The molecule has 0 aliphatic carbocycles. The van der Waals surface area contributed by atoms with E-state index in [-0.39, 0.29) is 36.6 Å². The minimum Gasteiger partial charge on any atom is -0.457 e. The molecule has 2 aliphatic heterocycles. The van der Waals surface area contributed by atoms with Gasteiger partial charge in [-0.25, -0.2) is 17.6 Å². The van der Waals surface area contributed by atoms with Gasteiger partial charge < -0.3 is 9.84 Å². The fraction of sp³-hybridized carbons (Fsp3) is 0.500. The number of carbonyl (C=O) groups is 1. The molecule has 1 N–H and O–H groups in total. The smallest absolute Gasteiger partial charge is 0.338 e. The number of benzene rings is 1. The largest absolute Gasteiger partial charge is 0.457 e. The average Bonchev–Trinajstić information content (AvgIpc) is 2.88. The van der Waals surface area contributed by atoms with E-state index in [1.165, 1.54) is 18.2 Å². The van der Waals surface area contributed by atoms with Crippen LogP contribution in [0.4, 0.5) is 4.39 Å². The number of piperidine rings is 1. The van der Waals surface area contributed by atoms with Crippen molar-refractivity contribution in [3.63, 3.8) is 0 Å². The number of hydrogen-bond donors (Lipinski definition) is 1. The number of esters is 1. The fourth-order valence-electron chi connectivity index (χ4n) is 2.78. The Morgan fingerprint density at radius 1 is 1.41 bits per heavy atom. The van der Waals surface area contributed by atoms with Crippen molar-refractivity contribution < 1.29 is 27.4 Å². The van der Waals surface area contributed by atoms with Crippen molar-refractivity contribution in [3.8, 4) is 0 Å². The Balaban J connectivity index is 1.93. The van der Waals surface area contributed by atoms with Gasteiger partial charge in [-0.05, 0) is 25.0 Å². The number of alkyl halides is 1. The number of halogens is 1. The Morgan fingerprint density at radius 3 is 2.91 bits per heavy atom. The van der Waals surface area contributed by atoms with Gasteiger partial charge in [-0.1, -0.05) is 6.07 Å². The second-order valence-corrected chi connectivity index (χ2v) is 7.58. The number of nitrogens with zero attached hydrogens (tertiary/aromatic N) is 1. The summed E-state index contributed by atoms with van der Waals surface area (Å²) >= 11 is 0. The molecule has 6 nitrogen and oxygen atoms in total. The zero-order chi connectivity index (χ0) is 16.0. The van der Waals surface area contributed by atoms with Crippen LogP contribution in [0.3, 0.4) is 0 Å². The van der Waals surface area contributed by atoms with Crippen LogP contribution in [0.2, 0.25) is 0 Å². The highest BCUT2D eigenvalue weighted by molar-refractivity contribution is 7.89. The van der Waals surface area contributed by atoms with Crippen LogP contribution in [0.5, 0.6) is 0 Å². The molecule has 0 amide bonds. The summed E-state index contributed by atoms with van der Waals surface area (Å²) in [4.78, 5) is 11.5. The second kappa shape index (κ2) is 5.29. The van der Waals surface area contributed by atoms with Gasteiger partial charge in [0, 0.05) is 12.1 Å². The Bertz CT molecular complexity index is 720. The van der Waals surface area contributed by atoms with Crippen LogP contribution < -0.4 is 0 Å². The number of sulfonamides is 1. The van der Waals surface area contributed by atoms with Gasteiger partial charge in [0.05, 0.1) is 23.6 Å². The summed E-state index contributed by atoms with van der Waals surface area (Å²) in [5, 5.41) is 9.11. The van der Waals surface area contributed by atoms with Crippen molar-refractivity contribution in [2.24, 2.45) is 0 Å². The van der Waals surface area contributed by atoms with Crippen molar-refractivity contribution in [3.05, 3.63) is 29.3 Å². The van der Waals surface area contributed by atoms with Gasteiger partial charge in [-0.3, -0.25) is 0 Å². The van der Waals surface area contributed by atoms with Gasteiger partial charge in [0.25, 0.3) is 0 Å². The lowest BCUT2D eigenvalue weighted by Crippen LogP contribution is -2.49. The number of hydrogen-bond acceptors (Lipinski definition) is 5. The van der Waals surface area contributed by atoms with E-state index in [1.807, 2.05) is 0 Å². The lowest BCUT2D eigenvalue weighted by atomic mass is 9.97. The highest BCUT2D eigenvalue weighted by atomic mass is 32.2. The summed E-state index contributed by atoms with van der Waals surface area (Å²) < 4.78 is 45.4. The van der Waals surface area contributed by atoms with E-state index in [4.69, 9.17) is 9.84 Å². The molecule has 2 aliphatic rings. The van der Waals surface area contributed by atoms with Crippen molar-refractivity contribution in [2.75, 3.05) is 19.7 Å². The summed E-state index contributed by atoms with van der Waals surface area (Å²) in [6, 6.07) is 4.20. The minimum atomic E-state index is -3.91. The molecule has 1 saturated heterocycles. The van der Waals surface area contributed by atoms with Crippen LogP contribution in [0, 0.1) is 0 Å². The number of fused-ring (bicyclic) bond motifs is 1. The zero-order valence-corrected chi connectivity index (χ0v) is 12.6. The van der Waals surface area contributed by atoms with Gasteiger partial charge in [-0.2, -0.15) is 4.31 Å². The maximum atomic E-state index is 14.2. The van der Waals surface area contributed by atoms with E-state index in [2.05, 4.69) is 0 Å². The molecule has 22 heavy (non-hydrogen) atoms. The van der Waals surface area contributed by atoms with E-state index in [0.29, 0.717) is 12.0 Å². The van der Waals surface area contributed by atoms with Crippen LogP contribution >= 0.6 is 0 Å². The van der Waals surface area contributed by atoms with Crippen molar-refractivity contribution in [1.29, 1.82) is 0 Å². The molecule has 2 heterocycles. The maximum absolute atomic E-state index is 14.2. The Morgan fingerprint density at radius 2 is 2.18 bits per heavy atom. The molecule has 120 valence electrons. The molecular weight excluding hydrogens is 313 g/mol. The summed E-state index contributed by atoms with van der Waals surface area (Å²) in [5.41, 5.74) is -1.05. The standard InChI is InChI=1S/C14H16FNO5S/c15-14(9-17)4-1-5-16(8-14)22(19,20)11-3-2-10-7-21-13(18)12(10)6-11/h2-3,6,17H,1,4-5,7-9H2. The maximum Gasteiger partial charge on any atom is 0.338 e. The predicted molar refractivity (Wildman–Crippen MR) is 74.5 cm³/mol. The third-order valence-electron chi connectivity index (χ3n) is 4.07. The molecule has 0 radical (unpaired) electrons. The number of cyclic esters (lactones) is 1. The first kappa shape index (κ1) is 15.4. The minimum absolute atomic E-state index is 0.0627. The van der Waals surface area contributed by atoms with E-state index < -0.39 is 28.3 Å². The predicted octanol–water partition coefficient (Wildman–Crippen LogP) is 0.842. The quantitative estimate of drug-likeness (QED) is 0.831. The van der Waals surface area contributed by atoms with Gasteiger partial charge in [0.1, 0.15) is 12.3 Å². The molecule has 0 saturated carbocycles. The van der Waals surface area contributed by atoms with E-state index in [9.17, 15) is 17.6 Å². The zero-order valence-electron chi connectivity index (χ0n) is 11.8. The van der Waals surface area contributed by atoms with Crippen LogP contribution in [-0.4, -0.2) is 49.2 Å². The molecule has 1 aromatic carbocycles. The topological polar surface area (TPSA) is 83.9 Å². The van der Waals surface area contributed by atoms with E-state index in [0.717, 1.165) is 4.31 Å². The van der Waals surface area contributed by atoms with Crippen molar-refractivity contribution in [2.45, 2.75) is 30.0 Å². The van der Waals surface area contributed by atoms with E-state index in [1.54, 1.807) is 0 Å². The van der Waals surface area contributed by atoms with Gasteiger partial charge in [0.15, 0.2) is 0 Å². The molecule has 8 heteroatoms. The Kier molecular flexibility index (Phi) is 3.70. The summed E-state index contributed by atoms with van der Waals surface area (Å²) in [6.45, 7) is -0.769. The third-order valence-corrected chi connectivity index (χ3v) is 5.91. The van der Waals surface area contributed by atoms with Gasteiger partial charge >= 0.3 is 5.97 Å². The van der Waals surface area contributed by atoms with Crippen molar-refractivity contribution >= 4 is 16.0 Å². The first-order valence-corrected chi connectivity index (χ1v) is 8.40. The lowest BCUT2D eigenvalue weighted by molar-refractivity contribution is 0.0236. The van der Waals surface area contributed by atoms with Gasteiger partial charge in [0.2, 0.25) is 10.0 Å². The molecule has 1 fully saturated rings. The lowest BCUT2D eigenvalue weighted by Gasteiger charge is -2.35. The monoisotopic (exact) mass is 329 g/mol. The fourth-order valence-corrected chi connectivity index (χ4v) is 4.36. The first-order chi connectivity index (χ1) is 10.4. The summed E-state index contributed by atoms with van der Waals surface area (Å²) in [5.74, 6) is -0.555. The summed E-state index contributed by atoms with van der Waals surface area (Å²) in [6.07, 6.45) is 0.468. The number of ether oxygens (including phenoxy) is 1. The molecule has 0 spiro atoms. The van der Waals surface area contributed by atoms with Crippen LogP contribution in [0.25, 0.3) is 0 Å². The number of aliphatic hydroxyl groups excluding tert-OH is 1. The first-order valence-electron chi connectivity index (χ1n) is 6.96. The molecule has 0 aromatic heterocycles. The Hall–Kier alpha value is -1.51. The molecule has 1 aromatic rings. The molecular formula is C14H16FNO5S. The highest BCUT2D eigenvalue weighted by Gasteiger charge is 2.40. The number of rotatable bonds is 3. The van der Waals surface area contributed by atoms with E-state index >= 15 is 0 Å². The molecule has 0 bridgehead atoms. The normalized spacial score (nSPS) is 25.8. The SMILES string of the molecule is O=C1OCc2ccc(S(=O)(=O)N3CCCC(F)(CO)C3)cc21. The van der Waals surface area contributed by atoms with Crippen LogP contribution in [-0.2, 0) is 21.4 Å². The van der Waals surface area contributed by atoms with Crippen LogP contribution in [0.1, 0.15) is 28.8 Å². The summed E-state index contributed by atoms with van der Waals surface area (Å²) in [7, 11) is -3.91. The molecule has 3 rings (SSSR count). The number of carbonyl (C=O) groups excluding carboxylic acids is 1. The second-order valence-electron chi connectivity index (χ2n) is 5.65. The number of aliphatic hydroxyl groups is 1. The average molecular weight is 329 g/mol.